The molecule has 2 N–H and O–H groups in total. The van der Waals surface area contributed by atoms with Crippen LogP contribution >= 0.6 is 44.6 Å². The fourth-order valence-corrected chi connectivity index (χ4v) is 1.68. The molecule has 10 heteroatoms. The number of aliphatic hydroxyl groups is 2. The van der Waals surface area contributed by atoms with Crippen LogP contribution in [0.15, 0.2) is 36.4 Å². The van der Waals surface area contributed by atoms with Crippen molar-refractivity contribution in [2.45, 2.75) is 25.0 Å². The second kappa shape index (κ2) is 14.8. The van der Waals surface area contributed by atoms with Crippen molar-refractivity contribution in [3.8, 4) is 0 Å². The summed E-state index contributed by atoms with van der Waals surface area (Å²) in [4.78, 5) is 8.06. The second-order valence-corrected chi connectivity index (χ2v) is 7.07. The average molecular weight is 434 g/mol. The predicted molar refractivity (Wildman–Crippen MR) is 99.3 cm³/mol. The zero-order chi connectivity index (χ0) is 18.4. The summed E-state index contributed by atoms with van der Waals surface area (Å²) in [5, 5.41) is 17.2. The molecule has 0 aliphatic carbocycles. The smallest absolute Gasteiger partial charge is 0.211 e. The Morgan fingerprint density at radius 2 is 1.08 bits per heavy atom. The number of nitrogens with zero attached hydrogens (tertiary/aromatic N) is 2. The van der Waals surface area contributed by atoms with Crippen LogP contribution in [-0.4, -0.2) is 24.4 Å². The number of hydrogen-bond acceptors (Lipinski definition) is 5. The lowest BCUT2D eigenvalue weighted by Crippen LogP contribution is -1.93. The molecule has 2 aromatic rings. The summed E-state index contributed by atoms with van der Waals surface area (Å²) < 4.78 is 9.09. The number of pyridine rings is 2. The first-order valence-corrected chi connectivity index (χ1v) is 10.3. The molecule has 0 spiro atoms. The van der Waals surface area contributed by atoms with Gasteiger partial charge in [0.25, 0.3) is 0 Å². The zero-order valence-corrected chi connectivity index (χ0v) is 16.2. The van der Waals surface area contributed by atoms with Gasteiger partial charge >= 0.3 is 0 Å². The lowest BCUT2D eigenvalue weighted by atomic mass is 10.3. The molecule has 0 aliphatic rings. The molecule has 0 amide bonds. The van der Waals surface area contributed by atoms with Crippen LogP contribution in [0, 0.1) is 0 Å². The highest BCUT2D eigenvalue weighted by Gasteiger charge is 1.93. The third-order valence-electron chi connectivity index (χ3n) is 2.33. The van der Waals surface area contributed by atoms with Gasteiger partial charge in [0.2, 0.25) is 9.23 Å². The molecule has 134 valence electrons. The quantitative estimate of drug-likeness (QED) is 0.567. The van der Waals surface area contributed by atoms with Crippen molar-refractivity contribution in [2.75, 3.05) is 0 Å². The number of aliphatic hydroxyl groups excluding tert-OH is 2. The Hall–Kier alpha value is -0.470. The van der Waals surface area contributed by atoms with E-state index in [4.69, 9.17) is 37.6 Å². The summed E-state index contributed by atoms with van der Waals surface area (Å²) in [6.45, 7) is -0.151. The van der Waals surface area contributed by atoms with E-state index >= 15 is 0 Å². The molecule has 24 heavy (non-hydrogen) atoms. The number of hydrogen-bond donors (Lipinski definition) is 2. The van der Waals surface area contributed by atoms with Crippen LogP contribution in [0.4, 0.5) is 0 Å². The van der Waals surface area contributed by atoms with Gasteiger partial charge in [-0.15, -0.1) is 23.2 Å². The molecule has 0 atom stereocenters. The second-order valence-electron chi connectivity index (χ2n) is 4.01. The molecule has 2 aromatic heterocycles. The van der Waals surface area contributed by atoms with E-state index in [-0.39, 0.29) is 13.2 Å². The van der Waals surface area contributed by atoms with Crippen molar-refractivity contribution in [3.63, 3.8) is 0 Å². The maximum atomic E-state index is 9.09. The molecule has 0 radical (unpaired) electrons. The molecule has 0 fully saturated rings. The molecule has 0 saturated carbocycles. The number of rotatable bonds is 4. The van der Waals surface area contributed by atoms with Crippen LogP contribution < -0.4 is 0 Å². The largest absolute Gasteiger partial charge is 0.390 e. The Bertz CT molecular complexity index is 530. The van der Waals surface area contributed by atoms with Crippen LogP contribution in [0.5, 0.6) is 0 Å². The average Bonchev–Trinajstić information content (AvgIpc) is 2.61. The van der Waals surface area contributed by atoms with Crippen LogP contribution in [0.25, 0.3) is 0 Å². The fourth-order valence-electron chi connectivity index (χ4n) is 1.38. The summed E-state index contributed by atoms with van der Waals surface area (Å²) in [5.41, 5.74) is 2.93. The molecular weight excluding hydrogens is 418 g/mol. The molecule has 0 bridgehead atoms. The Morgan fingerprint density at radius 3 is 1.38 bits per heavy atom. The predicted octanol–water partition coefficient (Wildman–Crippen LogP) is 3.67. The highest BCUT2D eigenvalue weighted by molar-refractivity contribution is 8.26. The lowest BCUT2D eigenvalue weighted by Gasteiger charge is -1.96. The summed E-state index contributed by atoms with van der Waals surface area (Å²) in [5.74, 6) is 0.898. The van der Waals surface area contributed by atoms with Crippen molar-refractivity contribution < 1.29 is 14.4 Å². The summed E-state index contributed by atoms with van der Waals surface area (Å²) in [6, 6.07) is 10.8. The van der Waals surface area contributed by atoms with Crippen LogP contribution in [0.1, 0.15) is 22.8 Å². The molecule has 0 saturated heterocycles. The lowest BCUT2D eigenvalue weighted by molar-refractivity contribution is 0.265. The first-order chi connectivity index (χ1) is 11.5. The first kappa shape index (κ1) is 23.5. The minimum absolute atomic E-state index is 0.0756. The minimum atomic E-state index is -1.67. The van der Waals surface area contributed by atoms with Crippen molar-refractivity contribution in [1.82, 2.24) is 9.97 Å². The number of halogens is 4. The van der Waals surface area contributed by atoms with Crippen LogP contribution in [0.3, 0.4) is 0 Å². The SMILES string of the molecule is ClCc1cccc(CCl)n1.O=S(Cl)Cl.OCc1cccc(CO)n1. The Morgan fingerprint density at radius 1 is 0.792 bits per heavy atom. The maximum absolute atomic E-state index is 9.09. The van der Waals surface area contributed by atoms with E-state index in [0.717, 1.165) is 11.4 Å². The Balaban J connectivity index is 0.000000363. The van der Waals surface area contributed by atoms with E-state index in [1.165, 1.54) is 0 Å². The van der Waals surface area contributed by atoms with Gasteiger partial charge in [-0.1, -0.05) is 12.1 Å². The first-order valence-electron chi connectivity index (χ1n) is 6.44. The number of alkyl halides is 2. The molecular formula is C14H16Cl4N2O3S. The Kier molecular flexibility index (Phi) is 14.5. The normalized spacial score (nSPS) is 9.62. The van der Waals surface area contributed by atoms with Gasteiger partial charge in [0.05, 0.1) is 47.7 Å². The van der Waals surface area contributed by atoms with Gasteiger partial charge in [-0.05, 0) is 24.3 Å². The van der Waals surface area contributed by atoms with E-state index in [1.54, 1.807) is 18.2 Å². The minimum Gasteiger partial charge on any atom is -0.390 e. The van der Waals surface area contributed by atoms with Crippen molar-refractivity contribution in [2.24, 2.45) is 0 Å². The van der Waals surface area contributed by atoms with Gasteiger partial charge in [0, 0.05) is 21.4 Å². The van der Waals surface area contributed by atoms with Gasteiger partial charge in [-0.2, -0.15) is 0 Å². The van der Waals surface area contributed by atoms with Gasteiger partial charge in [0.15, 0.2) is 0 Å². The van der Waals surface area contributed by atoms with E-state index in [0.29, 0.717) is 23.1 Å². The molecule has 0 unspecified atom stereocenters. The standard InChI is InChI=1S/C7H7Cl2N.C7H9NO2.Cl2OS/c8-4-6-2-1-3-7(5-9)10-6;9-4-6-2-1-3-7(5-10)8-6;1-4(2)3/h1-3H,4-5H2;1-3,9-10H,4-5H2;. The molecule has 2 rings (SSSR count). The van der Waals surface area contributed by atoms with Gasteiger partial charge < -0.3 is 10.2 Å². The monoisotopic (exact) mass is 432 g/mol. The third-order valence-corrected chi connectivity index (χ3v) is 2.87. The van der Waals surface area contributed by atoms with Gasteiger partial charge in [-0.25, -0.2) is 4.21 Å². The van der Waals surface area contributed by atoms with Gasteiger partial charge in [-0.3, -0.25) is 9.97 Å². The third kappa shape index (κ3) is 12.0. The molecule has 5 nitrogen and oxygen atoms in total. The van der Waals surface area contributed by atoms with E-state index < -0.39 is 9.23 Å². The molecule has 0 aliphatic heterocycles. The van der Waals surface area contributed by atoms with Crippen LogP contribution in [-0.2, 0) is 34.2 Å². The molecule has 2 heterocycles. The summed E-state index contributed by atoms with van der Waals surface area (Å²) >= 11 is 11.1. The van der Waals surface area contributed by atoms with Crippen molar-refractivity contribution in [1.29, 1.82) is 0 Å². The van der Waals surface area contributed by atoms with Crippen molar-refractivity contribution >= 4 is 53.8 Å². The van der Waals surface area contributed by atoms with Crippen LogP contribution in [0.2, 0.25) is 0 Å². The molecule has 0 aromatic carbocycles. The van der Waals surface area contributed by atoms with Gasteiger partial charge in [0.1, 0.15) is 0 Å². The Labute approximate surface area is 162 Å². The summed E-state index contributed by atoms with van der Waals surface area (Å²) in [7, 11) is 7.36. The van der Waals surface area contributed by atoms with E-state index in [9.17, 15) is 0 Å². The van der Waals surface area contributed by atoms with E-state index in [2.05, 4.69) is 31.3 Å². The maximum Gasteiger partial charge on any atom is 0.211 e. The highest BCUT2D eigenvalue weighted by Crippen LogP contribution is 2.04. The highest BCUT2D eigenvalue weighted by atomic mass is 36.0. The fraction of sp³-hybridized carbons (Fsp3) is 0.286. The zero-order valence-electron chi connectivity index (χ0n) is 12.4. The topological polar surface area (TPSA) is 83.3 Å². The van der Waals surface area contributed by atoms with Crippen molar-refractivity contribution in [3.05, 3.63) is 59.2 Å². The van der Waals surface area contributed by atoms with E-state index in [1.807, 2.05) is 18.2 Å². The summed E-state index contributed by atoms with van der Waals surface area (Å²) in [6.07, 6.45) is 0. The number of aromatic nitrogens is 2.